The lowest BCUT2D eigenvalue weighted by molar-refractivity contribution is 0.0885. The number of nitrogen functional groups attached to an aromatic ring is 1. The summed E-state index contributed by atoms with van der Waals surface area (Å²) in [4.78, 5) is 35.0. The molecule has 0 aliphatic heterocycles. The van der Waals surface area contributed by atoms with E-state index in [0.29, 0.717) is 17.8 Å². The highest BCUT2D eigenvalue weighted by Gasteiger charge is 2.26. The van der Waals surface area contributed by atoms with Gasteiger partial charge in [-0.05, 0) is 17.7 Å². The van der Waals surface area contributed by atoms with Crippen molar-refractivity contribution < 1.29 is 23.1 Å². The summed E-state index contributed by atoms with van der Waals surface area (Å²) >= 11 is 3.40. The number of anilines is 1. The number of imidazole rings is 1. The summed E-state index contributed by atoms with van der Waals surface area (Å²) in [5.41, 5.74) is 6.97. The van der Waals surface area contributed by atoms with Gasteiger partial charge in [0, 0.05) is 16.6 Å². The molecule has 1 unspecified atom stereocenters. The largest absolute Gasteiger partial charge is 0.379 e. The fourth-order valence-electron chi connectivity index (χ4n) is 3.41. The average molecular weight is 590 g/mol. The van der Waals surface area contributed by atoms with Gasteiger partial charge in [0.05, 0.1) is 32.3 Å². The van der Waals surface area contributed by atoms with Gasteiger partial charge < -0.3 is 24.1 Å². The molecule has 3 N–H and O–H groups in total. The van der Waals surface area contributed by atoms with Gasteiger partial charge in [-0.1, -0.05) is 58.4 Å². The van der Waals surface area contributed by atoms with Crippen molar-refractivity contribution in [2.45, 2.75) is 13.2 Å². The van der Waals surface area contributed by atoms with Crippen molar-refractivity contribution in [3.05, 3.63) is 86.9 Å². The standard InChI is InChI=1S/C24H25BrN5O6P/c25-19-8-4-5-17(13-19)14-35-37(33,36-15-20(31)18-6-2-1-3-7-18)12-11-34-10-9-30-16-27-21-22(30)28-24(26)29-23(21)32/h1-8,13,16H,9-12,14-15H2,(H3,26,28,29,32). The minimum Gasteiger partial charge on any atom is -0.379 e. The summed E-state index contributed by atoms with van der Waals surface area (Å²) in [6.45, 7) is 0.261. The van der Waals surface area contributed by atoms with Crippen molar-refractivity contribution in [1.82, 2.24) is 19.5 Å². The number of H-pyrrole nitrogens is 1. The van der Waals surface area contributed by atoms with E-state index in [2.05, 4.69) is 30.9 Å². The molecule has 2 aromatic carbocycles. The Labute approximate surface area is 220 Å². The highest BCUT2D eigenvalue weighted by atomic mass is 79.9. The Morgan fingerprint density at radius 2 is 1.92 bits per heavy atom. The Hall–Kier alpha value is -3.15. The Bertz CT molecular complexity index is 1480. The molecule has 37 heavy (non-hydrogen) atoms. The van der Waals surface area contributed by atoms with E-state index in [4.69, 9.17) is 19.5 Å². The van der Waals surface area contributed by atoms with E-state index in [1.807, 2.05) is 24.3 Å². The maximum absolute atomic E-state index is 13.5. The quantitative estimate of drug-likeness (QED) is 0.135. The van der Waals surface area contributed by atoms with Crippen molar-refractivity contribution in [2.24, 2.45) is 0 Å². The van der Waals surface area contributed by atoms with Crippen LogP contribution in [0.15, 0.2) is 70.2 Å². The second-order valence-corrected chi connectivity index (χ2v) is 11.1. The van der Waals surface area contributed by atoms with Crippen LogP contribution in [0, 0.1) is 0 Å². The highest BCUT2D eigenvalue weighted by Crippen LogP contribution is 2.48. The predicted molar refractivity (Wildman–Crippen MR) is 142 cm³/mol. The summed E-state index contributed by atoms with van der Waals surface area (Å²) < 4.78 is 32.9. The molecular formula is C24H25BrN5O6P. The number of carbonyl (C=O) groups is 1. The summed E-state index contributed by atoms with van der Waals surface area (Å²) in [6.07, 6.45) is 1.42. The van der Waals surface area contributed by atoms with E-state index in [1.165, 1.54) is 6.33 Å². The number of aromatic nitrogens is 4. The minimum absolute atomic E-state index is 0.00843. The average Bonchev–Trinajstić information content (AvgIpc) is 3.29. The van der Waals surface area contributed by atoms with Crippen LogP contribution in [0.3, 0.4) is 0 Å². The Balaban J connectivity index is 1.34. The number of benzene rings is 2. The van der Waals surface area contributed by atoms with Crippen molar-refractivity contribution in [2.75, 3.05) is 31.7 Å². The zero-order chi connectivity index (χ0) is 26.3. The van der Waals surface area contributed by atoms with E-state index >= 15 is 0 Å². The number of fused-ring (bicyclic) bond motifs is 1. The third-order valence-corrected chi connectivity index (χ3v) is 7.55. The number of nitrogens with one attached hydrogen (secondary N) is 1. The lowest BCUT2D eigenvalue weighted by Gasteiger charge is -2.19. The smallest absolute Gasteiger partial charge is 0.333 e. The molecule has 2 aromatic heterocycles. The number of hydrogen-bond donors (Lipinski definition) is 2. The first-order valence-corrected chi connectivity index (χ1v) is 13.8. The molecular weight excluding hydrogens is 565 g/mol. The second-order valence-electron chi connectivity index (χ2n) is 7.97. The zero-order valence-corrected chi connectivity index (χ0v) is 22.2. The molecule has 0 aliphatic rings. The number of hydrogen-bond acceptors (Lipinski definition) is 9. The fourth-order valence-corrected chi connectivity index (χ4v) is 5.20. The van der Waals surface area contributed by atoms with Crippen LogP contribution < -0.4 is 11.3 Å². The number of carbonyl (C=O) groups excluding carboxylic acids is 1. The van der Waals surface area contributed by atoms with Crippen molar-refractivity contribution in [3.8, 4) is 0 Å². The highest BCUT2D eigenvalue weighted by molar-refractivity contribution is 9.10. The monoisotopic (exact) mass is 589 g/mol. The molecule has 2 heterocycles. The Morgan fingerprint density at radius 3 is 2.70 bits per heavy atom. The third-order valence-electron chi connectivity index (χ3n) is 5.28. The molecule has 194 valence electrons. The van der Waals surface area contributed by atoms with Crippen LogP contribution in [0.1, 0.15) is 15.9 Å². The second kappa shape index (κ2) is 12.4. The summed E-state index contributed by atoms with van der Waals surface area (Å²) in [7, 11) is -3.68. The van der Waals surface area contributed by atoms with Gasteiger partial charge in [-0.2, -0.15) is 4.98 Å². The SMILES string of the molecule is Nc1nc2c(ncn2CCOCCP(=O)(OCC(=O)c2ccccc2)OCc2cccc(Br)c2)c(=O)[nH]1. The first kappa shape index (κ1) is 26.9. The lowest BCUT2D eigenvalue weighted by atomic mass is 10.1. The van der Waals surface area contributed by atoms with E-state index in [1.54, 1.807) is 34.9 Å². The molecule has 0 bridgehead atoms. The van der Waals surface area contributed by atoms with Crippen LogP contribution in [0.4, 0.5) is 5.95 Å². The van der Waals surface area contributed by atoms with E-state index in [9.17, 15) is 14.2 Å². The predicted octanol–water partition coefficient (Wildman–Crippen LogP) is 3.79. The van der Waals surface area contributed by atoms with Gasteiger partial charge in [-0.25, -0.2) is 4.98 Å². The molecule has 0 fully saturated rings. The van der Waals surface area contributed by atoms with Gasteiger partial charge in [0.15, 0.2) is 16.9 Å². The summed E-state index contributed by atoms with van der Waals surface area (Å²) in [5, 5.41) is 0. The Morgan fingerprint density at radius 1 is 1.11 bits per heavy atom. The molecule has 1 atom stereocenters. The van der Waals surface area contributed by atoms with Gasteiger partial charge >= 0.3 is 7.60 Å². The Kier molecular flexibility index (Phi) is 9.01. The third kappa shape index (κ3) is 7.43. The van der Waals surface area contributed by atoms with E-state index in [0.717, 1.165) is 10.0 Å². The molecule has 0 saturated heterocycles. The first-order valence-electron chi connectivity index (χ1n) is 11.3. The normalized spacial score (nSPS) is 13.0. The van der Waals surface area contributed by atoms with Crippen LogP contribution in [0.5, 0.6) is 0 Å². The zero-order valence-electron chi connectivity index (χ0n) is 19.7. The van der Waals surface area contributed by atoms with E-state index < -0.39 is 13.2 Å². The van der Waals surface area contributed by atoms with Crippen LogP contribution in [0.25, 0.3) is 11.2 Å². The van der Waals surface area contributed by atoms with Crippen molar-refractivity contribution in [3.63, 3.8) is 0 Å². The number of aromatic amines is 1. The maximum atomic E-state index is 13.5. The number of rotatable bonds is 13. The first-order chi connectivity index (χ1) is 17.8. The molecule has 4 aromatic rings. The fraction of sp³-hybridized carbons (Fsp3) is 0.250. The van der Waals surface area contributed by atoms with Crippen molar-refractivity contribution in [1.29, 1.82) is 0 Å². The van der Waals surface area contributed by atoms with Gasteiger partial charge in [0.2, 0.25) is 5.95 Å². The van der Waals surface area contributed by atoms with Crippen LogP contribution in [-0.4, -0.2) is 51.3 Å². The summed E-state index contributed by atoms with van der Waals surface area (Å²) in [5.74, 6) is -0.313. The number of ether oxygens (including phenoxy) is 1. The molecule has 0 amide bonds. The van der Waals surface area contributed by atoms with E-state index in [-0.39, 0.29) is 49.8 Å². The molecule has 11 nitrogen and oxygen atoms in total. The van der Waals surface area contributed by atoms with Gasteiger partial charge in [-0.15, -0.1) is 0 Å². The van der Waals surface area contributed by atoms with Crippen LogP contribution in [0.2, 0.25) is 0 Å². The number of nitrogens with two attached hydrogens (primary N) is 1. The van der Waals surface area contributed by atoms with Crippen LogP contribution in [-0.2, 0) is 31.5 Å². The van der Waals surface area contributed by atoms with Gasteiger partial charge in [0.25, 0.3) is 5.56 Å². The number of nitrogens with zero attached hydrogens (tertiary/aromatic N) is 3. The topological polar surface area (TPSA) is 151 Å². The molecule has 4 rings (SSSR count). The van der Waals surface area contributed by atoms with Gasteiger partial charge in [0.1, 0.15) is 6.61 Å². The molecule has 0 saturated carbocycles. The molecule has 13 heteroatoms. The molecule has 0 spiro atoms. The lowest BCUT2D eigenvalue weighted by Crippen LogP contribution is -2.14. The maximum Gasteiger partial charge on any atom is 0.333 e. The molecule has 0 radical (unpaired) electrons. The van der Waals surface area contributed by atoms with Gasteiger partial charge in [-0.3, -0.25) is 19.1 Å². The van der Waals surface area contributed by atoms with Crippen molar-refractivity contribution >= 4 is 46.4 Å². The number of halogens is 1. The van der Waals surface area contributed by atoms with Crippen LogP contribution >= 0.6 is 23.5 Å². The molecule has 0 aliphatic carbocycles. The minimum atomic E-state index is -3.68. The number of ketones is 1. The number of Topliss-reactive ketones (excluding diaryl/α,β-unsaturated/α-hetero) is 1. The summed E-state index contributed by atoms with van der Waals surface area (Å²) in [6, 6.07) is 16.0.